The molecule has 1 fully saturated rings. The highest BCUT2D eigenvalue weighted by Gasteiger charge is 2.43. The number of thiophene rings is 1. The monoisotopic (exact) mass is 451 g/mol. The molecule has 3 aromatic rings. The minimum Gasteiger partial charge on any atom is -0.493 e. The van der Waals surface area contributed by atoms with Gasteiger partial charge in [0.05, 0.1) is 18.7 Å². The Labute approximate surface area is 178 Å². The molecule has 10 heteroatoms. The molecule has 1 saturated carbocycles. The largest absolute Gasteiger partial charge is 0.493 e. The molecule has 0 aliphatic heterocycles. The summed E-state index contributed by atoms with van der Waals surface area (Å²) in [4.78, 5) is 28.5. The second kappa shape index (κ2) is 6.70. The zero-order valence-corrected chi connectivity index (χ0v) is 17.7. The number of H-pyrrole nitrogens is 1. The van der Waals surface area contributed by atoms with Crippen LogP contribution in [0.4, 0.5) is 13.2 Å². The Hall–Kier alpha value is -2.59. The van der Waals surface area contributed by atoms with Crippen molar-refractivity contribution in [2.24, 2.45) is 5.73 Å². The maximum Gasteiger partial charge on any atom is 0.329 e. The summed E-state index contributed by atoms with van der Waals surface area (Å²) in [6.45, 7) is 1.63. The molecule has 5 rings (SSSR count). The van der Waals surface area contributed by atoms with E-state index in [0.717, 1.165) is 12.8 Å². The number of aromatic nitrogens is 2. The molecule has 2 aromatic heterocycles. The number of aryl methyl sites for hydroxylation is 2. The van der Waals surface area contributed by atoms with Crippen LogP contribution in [0.5, 0.6) is 5.75 Å². The number of hydrogen-bond donors (Lipinski definition) is 2. The Bertz CT molecular complexity index is 1350. The molecule has 0 radical (unpaired) electrons. The number of rotatable bonds is 3. The summed E-state index contributed by atoms with van der Waals surface area (Å²) in [5.74, 6) is -4.06. The Balaban J connectivity index is 1.85. The molecule has 1 aromatic carbocycles. The number of halogens is 3. The van der Waals surface area contributed by atoms with E-state index in [4.69, 9.17) is 10.5 Å². The van der Waals surface area contributed by atoms with Crippen LogP contribution in [-0.4, -0.2) is 22.6 Å². The lowest BCUT2D eigenvalue weighted by molar-refractivity contribution is -0.0392. The first-order valence-corrected chi connectivity index (χ1v) is 10.8. The maximum absolute atomic E-state index is 15.7. The van der Waals surface area contributed by atoms with Gasteiger partial charge in [-0.1, -0.05) is 0 Å². The molecule has 0 bridgehead atoms. The molecule has 0 saturated heterocycles. The second-order valence-corrected chi connectivity index (χ2v) is 9.30. The van der Waals surface area contributed by atoms with Crippen LogP contribution in [0, 0.1) is 12.7 Å². The van der Waals surface area contributed by atoms with E-state index >= 15 is 4.39 Å². The van der Waals surface area contributed by atoms with Crippen LogP contribution >= 0.6 is 11.3 Å². The van der Waals surface area contributed by atoms with Gasteiger partial charge in [0.1, 0.15) is 5.39 Å². The van der Waals surface area contributed by atoms with Gasteiger partial charge in [0.15, 0.2) is 11.6 Å². The van der Waals surface area contributed by atoms with Crippen molar-refractivity contribution in [2.75, 3.05) is 7.11 Å². The van der Waals surface area contributed by atoms with Gasteiger partial charge in [0, 0.05) is 27.8 Å². The normalized spacial score (nSPS) is 20.1. The van der Waals surface area contributed by atoms with E-state index in [9.17, 15) is 18.4 Å². The number of fused-ring (bicyclic) bond motifs is 2. The summed E-state index contributed by atoms with van der Waals surface area (Å²) in [7, 11) is 1.25. The maximum atomic E-state index is 15.7. The van der Waals surface area contributed by atoms with E-state index in [1.807, 2.05) is 0 Å². The molecular formula is C21H20F3N3O3S. The number of ether oxygens (including phenoxy) is 1. The Morgan fingerprint density at radius 3 is 2.68 bits per heavy atom. The average Bonchev–Trinajstić information content (AvgIpc) is 3.45. The first-order chi connectivity index (χ1) is 14.7. The number of benzene rings is 1. The van der Waals surface area contributed by atoms with Crippen LogP contribution in [-0.2, 0) is 6.42 Å². The Morgan fingerprint density at radius 1 is 1.32 bits per heavy atom. The molecule has 1 unspecified atom stereocenters. The van der Waals surface area contributed by atoms with Crippen LogP contribution in [0.1, 0.15) is 47.4 Å². The molecular weight excluding hydrogens is 431 g/mol. The van der Waals surface area contributed by atoms with E-state index in [1.54, 1.807) is 6.92 Å². The van der Waals surface area contributed by atoms with Crippen molar-refractivity contribution in [1.29, 1.82) is 0 Å². The van der Waals surface area contributed by atoms with Crippen molar-refractivity contribution in [3.63, 3.8) is 0 Å². The highest BCUT2D eigenvalue weighted by molar-refractivity contribution is 7.15. The van der Waals surface area contributed by atoms with Crippen LogP contribution in [0.3, 0.4) is 0 Å². The number of hydrogen-bond acceptors (Lipinski definition) is 5. The van der Waals surface area contributed by atoms with E-state index < -0.39 is 29.0 Å². The molecule has 164 valence electrons. The summed E-state index contributed by atoms with van der Waals surface area (Å²) in [5, 5.41) is -0.0303. The molecule has 2 aliphatic rings. The van der Waals surface area contributed by atoms with Crippen molar-refractivity contribution < 1.29 is 17.9 Å². The van der Waals surface area contributed by atoms with Crippen LogP contribution in [0.25, 0.3) is 21.3 Å². The topological polar surface area (TPSA) is 90.1 Å². The quantitative estimate of drug-likeness (QED) is 0.634. The number of nitrogens with one attached hydrogen (secondary N) is 1. The third-order valence-corrected chi connectivity index (χ3v) is 7.43. The molecule has 31 heavy (non-hydrogen) atoms. The van der Waals surface area contributed by atoms with Gasteiger partial charge in [-0.05, 0) is 43.4 Å². The zero-order chi connectivity index (χ0) is 22.2. The van der Waals surface area contributed by atoms with Gasteiger partial charge in [-0.3, -0.25) is 14.3 Å². The number of methoxy groups -OCH3 is 1. The zero-order valence-electron chi connectivity index (χ0n) is 16.9. The first-order valence-electron chi connectivity index (χ1n) is 9.96. The number of aromatic amines is 1. The fourth-order valence-electron chi connectivity index (χ4n) is 4.49. The average molecular weight is 451 g/mol. The third-order valence-electron chi connectivity index (χ3n) is 6.20. The van der Waals surface area contributed by atoms with E-state index in [2.05, 4.69) is 4.98 Å². The molecule has 0 spiro atoms. The van der Waals surface area contributed by atoms with Gasteiger partial charge in [-0.2, -0.15) is 0 Å². The molecule has 3 N–H and O–H groups in total. The standard InChI is InChI=1S/C21H20F3N3O3S/c1-8-13(12-7-10-11(31-12)5-6-21(23,24)18(10)25)15(22)17(30-2)14-16(8)27(9-3-4-9)20(29)26-19(14)28/h7,9,18H,3-6,25H2,1-2H3,(H,26,28,29). The van der Waals surface area contributed by atoms with E-state index in [-0.39, 0.29) is 35.6 Å². The minimum absolute atomic E-state index is 0.0303. The van der Waals surface area contributed by atoms with Crippen LogP contribution in [0.15, 0.2) is 15.7 Å². The van der Waals surface area contributed by atoms with Gasteiger partial charge in [0.25, 0.3) is 11.5 Å². The van der Waals surface area contributed by atoms with Gasteiger partial charge >= 0.3 is 5.69 Å². The molecule has 2 heterocycles. The van der Waals surface area contributed by atoms with Gasteiger partial charge in [-0.15, -0.1) is 11.3 Å². The first kappa shape index (κ1) is 20.3. The van der Waals surface area contributed by atoms with Crippen molar-refractivity contribution in [3.05, 3.63) is 48.7 Å². The van der Waals surface area contributed by atoms with Gasteiger partial charge in [0.2, 0.25) is 0 Å². The van der Waals surface area contributed by atoms with Crippen molar-refractivity contribution in [2.45, 2.75) is 50.6 Å². The van der Waals surface area contributed by atoms with Gasteiger partial charge < -0.3 is 10.5 Å². The van der Waals surface area contributed by atoms with E-state index in [0.29, 0.717) is 26.4 Å². The number of nitrogens with zero attached hydrogens (tertiary/aromatic N) is 1. The van der Waals surface area contributed by atoms with Crippen molar-refractivity contribution in [3.8, 4) is 16.2 Å². The molecule has 2 aliphatic carbocycles. The second-order valence-electron chi connectivity index (χ2n) is 8.16. The van der Waals surface area contributed by atoms with Crippen LogP contribution < -0.4 is 21.7 Å². The number of nitrogens with two attached hydrogens (primary N) is 1. The molecule has 1 atom stereocenters. The lowest BCUT2D eigenvalue weighted by Crippen LogP contribution is -2.36. The summed E-state index contributed by atoms with van der Waals surface area (Å²) >= 11 is 1.21. The summed E-state index contributed by atoms with van der Waals surface area (Å²) in [5.41, 5.74) is 5.65. The smallest absolute Gasteiger partial charge is 0.329 e. The highest BCUT2D eigenvalue weighted by atomic mass is 32.1. The lowest BCUT2D eigenvalue weighted by Gasteiger charge is -2.28. The lowest BCUT2D eigenvalue weighted by atomic mass is 9.90. The minimum atomic E-state index is -3.03. The fraction of sp³-hybridized carbons (Fsp3) is 0.429. The van der Waals surface area contributed by atoms with Crippen molar-refractivity contribution in [1.82, 2.24) is 9.55 Å². The predicted molar refractivity (Wildman–Crippen MR) is 112 cm³/mol. The number of alkyl halides is 2. The summed E-state index contributed by atoms with van der Waals surface area (Å²) < 4.78 is 50.6. The van der Waals surface area contributed by atoms with Crippen LogP contribution in [0.2, 0.25) is 0 Å². The molecule has 6 nitrogen and oxygen atoms in total. The third kappa shape index (κ3) is 2.88. The summed E-state index contributed by atoms with van der Waals surface area (Å²) in [6.07, 6.45) is 1.33. The SMILES string of the molecule is COc1c(F)c(-c2cc3c(s2)CCC(F)(F)C3N)c(C)c2c1c(=O)[nH]c(=O)n2C1CC1. The Kier molecular flexibility index (Phi) is 4.39. The predicted octanol–water partition coefficient (Wildman–Crippen LogP) is 3.79. The van der Waals surface area contributed by atoms with Gasteiger partial charge in [-0.25, -0.2) is 18.0 Å². The van der Waals surface area contributed by atoms with Crippen molar-refractivity contribution >= 4 is 22.2 Å². The Morgan fingerprint density at radius 2 is 2.03 bits per heavy atom. The highest BCUT2D eigenvalue weighted by Crippen LogP contribution is 2.48. The fourth-order valence-corrected chi connectivity index (χ4v) is 5.79. The van der Waals surface area contributed by atoms with E-state index in [1.165, 1.54) is 29.1 Å². The molecule has 0 amide bonds. The summed E-state index contributed by atoms with van der Waals surface area (Å²) in [6, 6.07) is -0.0436.